The molecule has 1 heterocycles. The molecule has 0 aliphatic rings. The summed E-state index contributed by atoms with van der Waals surface area (Å²) in [7, 11) is 0. The summed E-state index contributed by atoms with van der Waals surface area (Å²) in [5.74, 6) is 0.687. The van der Waals surface area contributed by atoms with Gasteiger partial charge in [0.05, 0.1) is 24.1 Å². The fraction of sp³-hybridized carbons (Fsp3) is 0.250. The summed E-state index contributed by atoms with van der Waals surface area (Å²) in [5, 5.41) is 10.2. The summed E-state index contributed by atoms with van der Waals surface area (Å²) in [4.78, 5) is 4.34. The van der Waals surface area contributed by atoms with Crippen molar-refractivity contribution in [2.24, 2.45) is 0 Å². The summed E-state index contributed by atoms with van der Waals surface area (Å²) in [6.07, 6.45) is -2.82. The molecule has 0 unspecified atom stereocenters. The molecule has 1 aromatic heterocycles. The van der Waals surface area contributed by atoms with E-state index in [0.29, 0.717) is 22.2 Å². The Balaban J connectivity index is 1.82. The second-order valence-electron chi connectivity index (χ2n) is 6.25. The lowest BCUT2D eigenvalue weighted by molar-refractivity contribution is -0.137. The van der Waals surface area contributed by atoms with Gasteiger partial charge in [-0.1, -0.05) is 53.7 Å². The van der Waals surface area contributed by atoms with E-state index in [4.69, 9.17) is 0 Å². The van der Waals surface area contributed by atoms with Gasteiger partial charge in [0.15, 0.2) is 5.16 Å². The molecule has 3 rings (SSSR count). The Morgan fingerprint density at radius 1 is 1.07 bits per heavy atom. The van der Waals surface area contributed by atoms with Crippen LogP contribution in [0.25, 0.3) is 0 Å². The lowest BCUT2D eigenvalue weighted by atomic mass is 10.1. The van der Waals surface area contributed by atoms with E-state index in [1.807, 2.05) is 25.1 Å². The molecule has 0 saturated heterocycles. The summed E-state index contributed by atoms with van der Waals surface area (Å²) >= 11 is 1.49. The van der Waals surface area contributed by atoms with Crippen molar-refractivity contribution in [3.05, 3.63) is 82.7 Å². The van der Waals surface area contributed by atoms with Gasteiger partial charge in [-0.3, -0.25) is 0 Å². The van der Waals surface area contributed by atoms with Crippen molar-refractivity contribution in [1.82, 2.24) is 9.55 Å². The number of aliphatic hydroxyl groups excluding tert-OH is 1. The van der Waals surface area contributed by atoms with Gasteiger partial charge in [0.1, 0.15) is 0 Å². The Bertz CT molecular complexity index is 922. The standard InChI is InChI=1S/C20H19F3N2OS/c1-14-4-2-6-16(8-14)13-27-19-24-10-18(12-26)25(19)11-15-5-3-7-17(9-15)20(21,22)23/h2-10,26H,11-13H2,1H3. The van der Waals surface area contributed by atoms with E-state index in [-0.39, 0.29) is 13.2 Å². The smallest absolute Gasteiger partial charge is 0.390 e. The molecule has 142 valence electrons. The van der Waals surface area contributed by atoms with Crippen molar-refractivity contribution in [2.75, 3.05) is 0 Å². The van der Waals surface area contributed by atoms with Gasteiger partial charge in [0.2, 0.25) is 0 Å². The number of alkyl halides is 3. The second kappa shape index (κ2) is 8.19. The lowest BCUT2D eigenvalue weighted by Crippen LogP contribution is -2.09. The Kier molecular flexibility index (Phi) is 5.92. The summed E-state index contributed by atoms with van der Waals surface area (Å²) in [5.41, 5.74) is 2.70. The van der Waals surface area contributed by atoms with Gasteiger partial charge in [-0.2, -0.15) is 13.2 Å². The minimum atomic E-state index is -4.38. The zero-order valence-electron chi connectivity index (χ0n) is 14.7. The van der Waals surface area contributed by atoms with Gasteiger partial charge in [-0.05, 0) is 30.2 Å². The normalized spacial score (nSPS) is 11.7. The minimum Gasteiger partial charge on any atom is -0.390 e. The third kappa shape index (κ3) is 4.93. The molecule has 0 aliphatic carbocycles. The van der Waals surface area contributed by atoms with Gasteiger partial charge < -0.3 is 9.67 Å². The van der Waals surface area contributed by atoms with Crippen molar-refractivity contribution in [3.63, 3.8) is 0 Å². The molecular weight excluding hydrogens is 373 g/mol. The maximum absolute atomic E-state index is 12.9. The molecule has 27 heavy (non-hydrogen) atoms. The summed E-state index contributed by atoms with van der Waals surface area (Å²) in [6, 6.07) is 13.3. The van der Waals surface area contributed by atoms with Gasteiger partial charge >= 0.3 is 6.18 Å². The second-order valence-corrected chi connectivity index (χ2v) is 7.19. The first kappa shape index (κ1) is 19.5. The maximum atomic E-state index is 12.9. The first-order valence-corrected chi connectivity index (χ1v) is 9.35. The average molecular weight is 392 g/mol. The molecule has 0 spiro atoms. The van der Waals surface area contributed by atoms with Gasteiger partial charge in [0, 0.05) is 12.3 Å². The Morgan fingerprint density at radius 3 is 2.52 bits per heavy atom. The number of thioether (sulfide) groups is 1. The van der Waals surface area contributed by atoms with Crippen LogP contribution in [0.4, 0.5) is 13.2 Å². The molecule has 2 aromatic carbocycles. The van der Waals surface area contributed by atoms with Crippen molar-refractivity contribution in [3.8, 4) is 0 Å². The monoisotopic (exact) mass is 392 g/mol. The highest BCUT2D eigenvalue weighted by atomic mass is 32.2. The van der Waals surface area contributed by atoms with Gasteiger partial charge in [-0.15, -0.1) is 0 Å². The Morgan fingerprint density at radius 2 is 1.81 bits per heavy atom. The van der Waals surface area contributed by atoms with Crippen LogP contribution >= 0.6 is 11.8 Å². The first-order valence-electron chi connectivity index (χ1n) is 8.36. The number of nitrogens with zero attached hydrogens (tertiary/aromatic N) is 2. The van der Waals surface area contributed by atoms with Crippen molar-refractivity contribution in [2.45, 2.75) is 37.2 Å². The van der Waals surface area contributed by atoms with E-state index in [1.54, 1.807) is 16.8 Å². The van der Waals surface area contributed by atoms with Crippen LogP contribution in [0.15, 0.2) is 59.9 Å². The third-order valence-corrected chi connectivity index (χ3v) is 5.17. The highest BCUT2D eigenvalue weighted by molar-refractivity contribution is 7.98. The number of hydrogen-bond donors (Lipinski definition) is 1. The van der Waals surface area contributed by atoms with Crippen LogP contribution in [0.5, 0.6) is 0 Å². The van der Waals surface area contributed by atoms with Crippen molar-refractivity contribution in [1.29, 1.82) is 0 Å². The summed E-state index contributed by atoms with van der Waals surface area (Å²) in [6.45, 7) is 2.01. The number of aliphatic hydroxyl groups is 1. The van der Waals surface area contributed by atoms with Crippen LogP contribution in [0.2, 0.25) is 0 Å². The summed E-state index contributed by atoms with van der Waals surface area (Å²) < 4.78 is 40.6. The van der Waals surface area contributed by atoms with E-state index in [2.05, 4.69) is 11.1 Å². The van der Waals surface area contributed by atoms with E-state index < -0.39 is 11.7 Å². The van der Waals surface area contributed by atoms with E-state index >= 15 is 0 Å². The molecule has 3 aromatic rings. The number of aryl methyl sites for hydroxylation is 1. The molecule has 1 N–H and O–H groups in total. The predicted octanol–water partition coefficient (Wildman–Crippen LogP) is 5.04. The highest BCUT2D eigenvalue weighted by Crippen LogP contribution is 2.30. The van der Waals surface area contributed by atoms with E-state index in [0.717, 1.165) is 23.3 Å². The Labute approximate surface area is 159 Å². The molecule has 0 amide bonds. The topological polar surface area (TPSA) is 38.1 Å². The lowest BCUT2D eigenvalue weighted by Gasteiger charge is -2.13. The largest absolute Gasteiger partial charge is 0.416 e. The van der Waals surface area contributed by atoms with Crippen LogP contribution in [0.1, 0.15) is 27.9 Å². The minimum absolute atomic E-state index is 0.218. The number of benzene rings is 2. The van der Waals surface area contributed by atoms with Crippen molar-refractivity contribution < 1.29 is 18.3 Å². The van der Waals surface area contributed by atoms with Crippen LogP contribution in [-0.2, 0) is 25.1 Å². The first-order chi connectivity index (χ1) is 12.9. The van der Waals surface area contributed by atoms with E-state index in [9.17, 15) is 18.3 Å². The number of imidazole rings is 1. The average Bonchev–Trinajstić information content (AvgIpc) is 3.01. The Hall–Kier alpha value is -2.25. The number of rotatable bonds is 6. The zero-order valence-corrected chi connectivity index (χ0v) is 15.5. The zero-order chi connectivity index (χ0) is 19.4. The van der Waals surface area contributed by atoms with Crippen LogP contribution < -0.4 is 0 Å². The molecule has 0 atom stereocenters. The van der Waals surface area contributed by atoms with Crippen LogP contribution in [0, 0.1) is 6.92 Å². The maximum Gasteiger partial charge on any atom is 0.416 e. The van der Waals surface area contributed by atoms with Gasteiger partial charge in [0.25, 0.3) is 0 Å². The molecule has 0 radical (unpaired) electrons. The molecule has 3 nitrogen and oxygen atoms in total. The highest BCUT2D eigenvalue weighted by Gasteiger charge is 2.30. The van der Waals surface area contributed by atoms with Gasteiger partial charge in [-0.25, -0.2) is 4.98 Å². The molecule has 0 bridgehead atoms. The molecular formula is C20H19F3N2OS. The van der Waals surface area contributed by atoms with E-state index in [1.165, 1.54) is 17.8 Å². The van der Waals surface area contributed by atoms with Crippen LogP contribution in [0.3, 0.4) is 0 Å². The molecule has 0 saturated carbocycles. The van der Waals surface area contributed by atoms with Crippen LogP contribution in [-0.4, -0.2) is 14.7 Å². The SMILES string of the molecule is Cc1cccc(CSc2ncc(CO)n2Cc2cccc(C(F)(F)F)c2)c1. The quantitative estimate of drug-likeness (QED) is 0.597. The third-order valence-electron chi connectivity index (χ3n) is 4.11. The van der Waals surface area contributed by atoms with Crippen molar-refractivity contribution >= 4 is 11.8 Å². The number of aromatic nitrogens is 2. The predicted molar refractivity (Wildman–Crippen MR) is 99.4 cm³/mol. The molecule has 7 heteroatoms. The molecule has 0 aliphatic heterocycles. The molecule has 0 fully saturated rings. The fourth-order valence-corrected chi connectivity index (χ4v) is 3.72. The fourth-order valence-electron chi connectivity index (χ4n) is 2.78. The number of hydrogen-bond acceptors (Lipinski definition) is 3. The number of halogens is 3.